The van der Waals surface area contributed by atoms with E-state index in [0.717, 1.165) is 64.5 Å². The lowest BCUT2D eigenvalue weighted by molar-refractivity contribution is 0.0685. The van der Waals surface area contributed by atoms with Crippen LogP contribution in [0.25, 0.3) is 0 Å². The molecular formula is C30H44N6O3. The highest BCUT2D eigenvalue weighted by molar-refractivity contribution is 5.95. The van der Waals surface area contributed by atoms with Crippen LogP contribution in [0.4, 0.5) is 11.4 Å². The Kier molecular flexibility index (Phi) is 12.7. The molecule has 0 saturated heterocycles. The summed E-state index contributed by atoms with van der Waals surface area (Å²) in [6.45, 7) is 11.7. The van der Waals surface area contributed by atoms with E-state index in [1.165, 1.54) is 6.92 Å². The second-order valence-electron chi connectivity index (χ2n) is 10.3. The maximum atomic E-state index is 13.8. The first-order valence-corrected chi connectivity index (χ1v) is 14.2. The van der Waals surface area contributed by atoms with Crippen molar-refractivity contribution >= 4 is 17.3 Å². The molecule has 1 heterocycles. The van der Waals surface area contributed by atoms with Crippen molar-refractivity contribution < 1.29 is 9.90 Å². The molecule has 39 heavy (non-hydrogen) atoms. The van der Waals surface area contributed by atoms with Gasteiger partial charge in [0.2, 0.25) is 5.88 Å². The average molecular weight is 537 g/mol. The molecule has 0 aliphatic carbocycles. The first-order chi connectivity index (χ1) is 18.7. The third kappa shape index (κ3) is 8.41. The average Bonchev–Trinajstić information content (AvgIpc) is 2.95. The molecule has 0 aliphatic rings. The highest BCUT2D eigenvalue weighted by Crippen LogP contribution is 2.31. The maximum Gasteiger partial charge on any atom is 0.290 e. The number of nitrogen functional groups attached to an aromatic ring is 1. The number of aromatic nitrogens is 1. The number of hydrogen-bond acceptors (Lipinski definition) is 7. The molecule has 1 aromatic heterocycles. The van der Waals surface area contributed by atoms with Gasteiger partial charge >= 0.3 is 0 Å². The minimum atomic E-state index is -0.812. The number of carbonyl (C=O) groups is 1. The van der Waals surface area contributed by atoms with Crippen molar-refractivity contribution in [2.75, 3.05) is 18.9 Å². The van der Waals surface area contributed by atoms with Crippen LogP contribution in [0, 0.1) is 30.1 Å². The standard InChI is InChI=1S/C30H44N6O3/c1-6-10-13-22(8-3)19-35(20-23(9-4)14-11-7-2)28(37)24-15-12-16-25(17-24)33-34-27-21(5)26(18-31)29(38)36(32)30(27)39/h12,15-17,22-23,39H,6-11,13-14,19-20,32H2,1-5H3/b34-33+. The summed E-state index contributed by atoms with van der Waals surface area (Å²) in [4.78, 5) is 27.9. The molecule has 1 amide bonds. The minimum Gasteiger partial charge on any atom is -0.492 e. The number of carbonyl (C=O) groups excluding carboxylic acids is 1. The van der Waals surface area contributed by atoms with Gasteiger partial charge in [-0.2, -0.15) is 15.1 Å². The molecule has 0 fully saturated rings. The van der Waals surface area contributed by atoms with E-state index in [1.54, 1.807) is 30.3 Å². The van der Waals surface area contributed by atoms with Gasteiger partial charge in [-0.15, -0.1) is 5.11 Å². The number of rotatable bonds is 15. The van der Waals surface area contributed by atoms with Gasteiger partial charge in [0, 0.05) is 24.2 Å². The molecule has 1 aromatic carbocycles. The third-order valence-electron chi connectivity index (χ3n) is 7.40. The molecular weight excluding hydrogens is 492 g/mol. The molecule has 2 aromatic rings. The van der Waals surface area contributed by atoms with Crippen LogP contribution in [0.3, 0.4) is 0 Å². The van der Waals surface area contributed by atoms with E-state index in [9.17, 15) is 20.0 Å². The van der Waals surface area contributed by atoms with Crippen molar-refractivity contribution in [2.24, 2.45) is 22.1 Å². The minimum absolute atomic E-state index is 0.0294. The second kappa shape index (κ2) is 15.7. The first-order valence-electron chi connectivity index (χ1n) is 14.2. The second-order valence-corrected chi connectivity index (χ2v) is 10.3. The molecule has 3 N–H and O–H groups in total. The van der Waals surface area contributed by atoms with Gasteiger partial charge in [-0.05, 0) is 49.8 Å². The van der Waals surface area contributed by atoms with Crippen molar-refractivity contribution in [3.63, 3.8) is 0 Å². The number of nitrogens with zero attached hydrogens (tertiary/aromatic N) is 5. The molecule has 2 unspecified atom stereocenters. The lowest BCUT2D eigenvalue weighted by atomic mass is 9.95. The monoisotopic (exact) mass is 536 g/mol. The zero-order valence-corrected chi connectivity index (χ0v) is 24.1. The Hall–Kier alpha value is -3.67. The largest absolute Gasteiger partial charge is 0.492 e. The molecule has 2 atom stereocenters. The van der Waals surface area contributed by atoms with Gasteiger partial charge in [-0.25, -0.2) is 0 Å². The van der Waals surface area contributed by atoms with Gasteiger partial charge in [0.15, 0.2) is 5.69 Å². The molecule has 2 rings (SSSR count). The van der Waals surface area contributed by atoms with E-state index < -0.39 is 11.4 Å². The molecule has 0 bridgehead atoms. The summed E-state index contributed by atoms with van der Waals surface area (Å²) in [5, 5.41) is 27.9. The summed E-state index contributed by atoms with van der Waals surface area (Å²) < 4.78 is 0.475. The number of hydrogen-bond donors (Lipinski definition) is 2. The molecule has 0 spiro atoms. The van der Waals surface area contributed by atoms with Gasteiger partial charge in [-0.1, -0.05) is 72.3 Å². The lowest BCUT2D eigenvalue weighted by Gasteiger charge is -2.31. The summed E-state index contributed by atoms with van der Waals surface area (Å²) in [6, 6.07) is 8.71. The van der Waals surface area contributed by atoms with Crippen LogP contribution in [-0.4, -0.2) is 33.7 Å². The molecule has 9 nitrogen and oxygen atoms in total. The third-order valence-corrected chi connectivity index (χ3v) is 7.40. The fourth-order valence-electron chi connectivity index (χ4n) is 4.72. The van der Waals surface area contributed by atoms with Crippen LogP contribution >= 0.6 is 0 Å². The molecule has 0 saturated carbocycles. The SMILES string of the molecule is CCCCC(CC)CN(CC(CC)CCCC)C(=O)c1cccc(/N=N/c2c(C)c(C#N)c(=O)n(N)c2O)c1. The van der Waals surface area contributed by atoms with Crippen molar-refractivity contribution in [2.45, 2.75) is 86.0 Å². The van der Waals surface area contributed by atoms with Crippen molar-refractivity contribution in [3.8, 4) is 11.9 Å². The van der Waals surface area contributed by atoms with E-state index in [0.29, 0.717) is 27.8 Å². The fraction of sp³-hybridized carbons (Fsp3) is 0.567. The summed E-state index contributed by atoms with van der Waals surface area (Å²) in [5.74, 6) is 5.89. The van der Waals surface area contributed by atoms with Crippen molar-refractivity contribution in [1.29, 1.82) is 5.26 Å². The van der Waals surface area contributed by atoms with E-state index in [-0.39, 0.29) is 22.7 Å². The zero-order valence-electron chi connectivity index (χ0n) is 24.1. The van der Waals surface area contributed by atoms with E-state index in [1.807, 2.05) is 4.90 Å². The van der Waals surface area contributed by atoms with Crippen LogP contribution in [-0.2, 0) is 0 Å². The summed E-state index contributed by atoms with van der Waals surface area (Å²) in [6.07, 6.45) is 8.84. The van der Waals surface area contributed by atoms with E-state index >= 15 is 0 Å². The maximum absolute atomic E-state index is 13.8. The number of nitriles is 1. The van der Waals surface area contributed by atoms with Crippen molar-refractivity contribution in [1.82, 2.24) is 9.58 Å². The fourth-order valence-corrected chi connectivity index (χ4v) is 4.72. The number of aromatic hydroxyl groups is 1. The highest BCUT2D eigenvalue weighted by Gasteiger charge is 2.23. The summed E-state index contributed by atoms with van der Waals surface area (Å²) >= 11 is 0. The van der Waals surface area contributed by atoms with Gasteiger partial charge in [0.25, 0.3) is 11.5 Å². The van der Waals surface area contributed by atoms with Gasteiger partial charge in [0.1, 0.15) is 11.6 Å². The number of pyridine rings is 1. The summed E-state index contributed by atoms with van der Waals surface area (Å²) in [7, 11) is 0. The highest BCUT2D eigenvalue weighted by atomic mass is 16.3. The van der Waals surface area contributed by atoms with Crippen molar-refractivity contribution in [3.05, 3.63) is 51.3 Å². The Morgan fingerprint density at radius 3 is 2.18 bits per heavy atom. The number of nitrogens with two attached hydrogens (primary N) is 1. The Morgan fingerprint density at radius 1 is 1.08 bits per heavy atom. The zero-order chi connectivity index (χ0) is 28.9. The van der Waals surface area contributed by atoms with E-state index in [2.05, 4.69) is 37.9 Å². The normalized spacial score (nSPS) is 12.8. The van der Waals surface area contributed by atoms with E-state index in [4.69, 9.17) is 5.84 Å². The number of amides is 1. The molecule has 0 aliphatic heterocycles. The number of benzene rings is 1. The Balaban J connectivity index is 2.39. The Labute approximate surface area is 232 Å². The van der Waals surface area contributed by atoms with Crippen LogP contribution in [0.2, 0.25) is 0 Å². The van der Waals surface area contributed by atoms with Crippen LogP contribution in [0.15, 0.2) is 39.3 Å². The van der Waals surface area contributed by atoms with Gasteiger partial charge in [0.05, 0.1) is 5.69 Å². The quantitative estimate of drug-likeness (QED) is 0.192. The smallest absolute Gasteiger partial charge is 0.290 e. The van der Waals surface area contributed by atoms with Gasteiger partial charge < -0.3 is 15.8 Å². The molecule has 9 heteroatoms. The van der Waals surface area contributed by atoms with Crippen LogP contribution in [0.1, 0.15) is 101 Å². The predicted molar refractivity (Wildman–Crippen MR) is 155 cm³/mol. The predicted octanol–water partition coefficient (Wildman–Crippen LogP) is 6.74. The van der Waals surface area contributed by atoms with Crippen LogP contribution in [0.5, 0.6) is 5.88 Å². The number of azo groups is 1. The Bertz CT molecular complexity index is 1210. The molecule has 212 valence electrons. The van der Waals surface area contributed by atoms with Crippen LogP contribution < -0.4 is 11.4 Å². The van der Waals surface area contributed by atoms with Gasteiger partial charge in [-0.3, -0.25) is 9.59 Å². The summed E-state index contributed by atoms with van der Waals surface area (Å²) in [5.41, 5.74) is 0.00174. The molecule has 0 radical (unpaired) electrons. The Morgan fingerprint density at radius 2 is 1.67 bits per heavy atom. The number of unbranched alkanes of at least 4 members (excludes halogenated alkanes) is 2. The topological polar surface area (TPSA) is 137 Å². The lowest BCUT2D eigenvalue weighted by Crippen LogP contribution is -2.39. The first kappa shape index (κ1) is 31.5.